The molecule has 3 aliphatic carbocycles. The van der Waals surface area contributed by atoms with Gasteiger partial charge in [-0.25, -0.2) is 9.59 Å². The van der Waals surface area contributed by atoms with Crippen molar-refractivity contribution < 1.29 is 60.7 Å². The van der Waals surface area contributed by atoms with Crippen molar-refractivity contribution >= 4 is 23.9 Å². The van der Waals surface area contributed by atoms with Crippen LogP contribution < -0.4 is 0 Å². The first kappa shape index (κ1) is 29.7. The molecular weight excluding hydrogens is 565 g/mol. The summed E-state index contributed by atoms with van der Waals surface area (Å²) in [5.74, 6) is -6.12. The molecule has 0 aromatic carbocycles. The van der Waals surface area contributed by atoms with Gasteiger partial charge in [0.25, 0.3) is 0 Å². The standard InChI is InChI=1S/C9H12O4.C7H13N.C2H2O4.CH4.Pt/c10-8(11)6-4-1-2-5(3-4)7(6)9(12)13;1-6-4-2-3-5-7(6)8;3-1(4)2(5)6;;/h4-7H,1-3H2,(H,10,11)(H,12,13);6-8H,1-5H2;(H,3,4)(H,5,6);1H4;/q;-2;;;+2/t4-,5-,6-,7-;;;;/m1..../s1. The summed E-state index contributed by atoms with van der Waals surface area (Å²) in [5, 5.41) is 32.6. The smallest absolute Gasteiger partial charge is 0.677 e. The molecule has 10 heteroatoms. The Bertz CT molecular complexity index is 522. The van der Waals surface area contributed by atoms with Crippen molar-refractivity contribution in [2.24, 2.45) is 29.6 Å². The van der Waals surface area contributed by atoms with E-state index < -0.39 is 35.7 Å². The van der Waals surface area contributed by atoms with Crippen molar-refractivity contribution in [1.29, 1.82) is 0 Å². The molecule has 0 aromatic heterocycles. The van der Waals surface area contributed by atoms with Crippen LogP contribution in [0.5, 0.6) is 0 Å². The summed E-state index contributed by atoms with van der Waals surface area (Å²) in [4.78, 5) is 39.9. The molecule has 3 fully saturated rings. The van der Waals surface area contributed by atoms with Gasteiger partial charge in [0.1, 0.15) is 0 Å². The summed E-state index contributed by atoms with van der Waals surface area (Å²) in [6.45, 7) is 3.89. The molecule has 3 saturated carbocycles. The minimum atomic E-state index is -1.82. The first-order valence-electron chi connectivity index (χ1n) is 9.02. The van der Waals surface area contributed by atoms with Crippen LogP contribution >= 0.6 is 0 Å². The molecule has 5 N–H and O–H groups in total. The predicted molar refractivity (Wildman–Crippen MR) is 101 cm³/mol. The molecule has 0 aliphatic heterocycles. The third-order valence-corrected chi connectivity index (χ3v) is 5.58. The summed E-state index contributed by atoms with van der Waals surface area (Å²) in [7, 11) is 0. The van der Waals surface area contributed by atoms with E-state index in [1.165, 1.54) is 19.3 Å². The number of hydrogen-bond donors (Lipinski definition) is 4. The number of carboxylic acid groups (broad SMARTS) is 4. The van der Waals surface area contributed by atoms with Gasteiger partial charge in [-0.15, -0.1) is 0 Å². The molecule has 3 rings (SSSR count). The average Bonchev–Trinajstić information content (AvgIpc) is 3.19. The molecule has 0 spiro atoms. The molecule has 9 nitrogen and oxygen atoms in total. The number of hydrogen-bond acceptors (Lipinski definition) is 4. The maximum atomic E-state index is 10.8. The fourth-order valence-electron chi connectivity index (χ4n) is 4.21. The third-order valence-electron chi connectivity index (χ3n) is 5.58. The Labute approximate surface area is 185 Å². The summed E-state index contributed by atoms with van der Waals surface area (Å²) in [6.07, 6.45) is 7.39. The Morgan fingerprint density at radius 3 is 1.38 bits per heavy atom. The van der Waals surface area contributed by atoms with Gasteiger partial charge >= 0.3 is 44.9 Å². The molecule has 29 heavy (non-hydrogen) atoms. The van der Waals surface area contributed by atoms with E-state index in [1.807, 2.05) is 0 Å². The number of aliphatic carboxylic acids is 4. The van der Waals surface area contributed by atoms with Gasteiger partial charge in [-0.3, -0.25) is 9.59 Å². The Hall–Kier alpha value is -1.47. The van der Waals surface area contributed by atoms with Gasteiger partial charge in [-0.2, -0.15) is 12.0 Å². The van der Waals surface area contributed by atoms with Gasteiger partial charge in [0.05, 0.1) is 11.8 Å². The Morgan fingerprint density at radius 1 is 0.759 bits per heavy atom. The normalized spacial score (nSPS) is 31.4. The van der Waals surface area contributed by atoms with Gasteiger partial charge in [-0.1, -0.05) is 33.1 Å². The van der Waals surface area contributed by atoms with Crippen LogP contribution in [0.15, 0.2) is 0 Å². The fraction of sp³-hybridized carbons (Fsp3) is 0.737. The van der Waals surface area contributed by atoms with E-state index in [-0.39, 0.29) is 46.4 Å². The first-order valence-corrected chi connectivity index (χ1v) is 9.02. The van der Waals surface area contributed by atoms with Gasteiger partial charge in [0.15, 0.2) is 0 Å². The monoisotopic (exact) mass is 596 g/mol. The average molecular weight is 597 g/mol. The minimum absolute atomic E-state index is 0. The van der Waals surface area contributed by atoms with Crippen LogP contribution in [-0.4, -0.2) is 50.3 Å². The molecule has 2 bridgehead atoms. The van der Waals surface area contributed by atoms with Crippen molar-refractivity contribution in [2.75, 3.05) is 0 Å². The maximum Gasteiger partial charge on any atom is 2.00 e. The Kier molecular flexibility index (Phi) is 14.0. The number of nitrogens with one attached hydrogen (secondary N) is 1. The van der Waals surface area contributed by atoms with Crippen molar-refractivity contribution in [3.63, 3.8) is 0 Å². The topological polar surface area (TPSA) is 173 Å². The summed E-state index contributed by atoms with van der Waals surface area (Å²) in [5.41, 5.74) is 7.42. The van der Waals surface area contributed by atoms with E-state index >= 15 is 0 Å². The second-order valence-corrected chi connectivity index (χ2v) is 7.32. The van der Waals surface area contributed by atoms with Crippen molar-refractivity contribution in [1.82, 2.24) is 0 Å². The number of carbonyl (C=O) groups is 4. The zero-order valence-corrected chi connectivity index (χ0v) is 17.6. The van der Waals surface area contributed by atoms with Gasteiger partial charge < -0.3 is 33.1 Å². The van der Waals surface area contributed by atoms with E-state index in [1.54, 1.807) is 0 Å². The molecule has 2 unspecified atom stereocenters. The zero-order valence-electron chi connectivity index (χ0n) is 15.4. The predicted octanol–water partition coefficient (Wildman–Crippen LogP) is 3.04. The molecule has 0 amide bonds. The summed E-state index contributed by atoms with van der Waals surface area (Å²) < 4.78 is 0. The molecule has 0 aromatic rings. The van der Waals surface area contributed by atoms with Crippen LogP contribution in [0.25, 0.3) is 5.73 Å². The van der Waals surface area contributed by atoms with Crippen LogP contribution in [0, 0.1) is 36.5 Å². The fourth-order valence-corrected chi connectivity index (χ4v) is 4.21. The van der Waals surface area contributed by atoms with Crippen LogP contribution in [-0.2, 0) is 40.2 Å². The van der Waals surface area contributed by atoms with Crippen LogP contribution in [0.3, 0.4) is 0 Å². The van der Waals surface area contributed by atoms with Crippen LogP contribution in [0.4, 0.5) is 0 Å². The molecule has 3 aliphatic rings. The molecule has 0 heterocycles. The zero-order chi connectivity index (χ0) is 20.7. The molecule has 0 saturated heterocycles. The quantitative estimate of drug-likeness (QED) is 0.278. The maximum absolute atomic E-state index is 10.8. The van der Waals surface area contributed by atoms with Crippen molar-refractivity contribution in [3.8, 4) is 0 Å². The molecule has 6 atom stereocenters. The molecule has 0 radical (unpaired) electrons. The number of rotatable bonds is 2. The van der Waals surface area contributed by atoms with Crippen LogP contribution in [0.1, 0.15) is 52.4 Å². The summed E-state index contributed by atoms with van der Waals surface area (Å²) in [6, 6.07) is 0.142. The van der Waals surface area contributed by atoms with Gasteiger partial charge in [-0.05, 0) is 31.1 Å². The van der Waals surface area contributed by atoms with Gasteiger partial charge in [0.2, 0.25) is 0 Å². The van der Waals surface area contributed by atoms with Gasteiger partial charge in [0, 0.05) is 0 Å². The van der Waals surface area contributed by atoms with Crippen LogP contribution in [0.2, 0.25) is 0 Å². The number of fused-ring (bicyclic) bond motifs is 2. The largest absolute Gasteiger partial charge is 2.00 e. The summed E-state index contributed by atoms with van der Waals surface area (Å²) >= 11 is 0. The van der Waals surface area contributed by atoms with E-state index in [2.05, 4.69) is 6.92 Å². The van der Waals surface area contributed by atoms with E-state index in [4.69, 9.17) is 35.7 Å². The third kappa shape index (κ3) is 8.82. The van der Waals surface area contributed by atoms with E-state index in [0.717, 1.165) is 25.7 Å². The minimum Gasteiger partial charge on any atom is -0.677 e. The Morgan fingerprint density at radius 2 is 1.14 bits per heavy atom. The second kappa shape index (κ2) is 13.7. The van der Waals surface area contributed by atoms with E-state index in [9.17, 15) is 9.59 Å². The molecular formula is C19H31NO8Pt. The van der Waals surface area contributed by atoms with Crippen molar-refractivity contribution in [3.05, 3.63) is 12.7 Å². The van der Waals surface area contributed by atoms with Crippen molar-refractivity contribution in [2.45, 2.75) is 58.4 Å². The molecule has 170 valence electrons. The Balaban J connectivity index is 0. The first-order chi connectivity index (χ1) is 12.6. The number of carboxylic acids is 4. The second-order valence-electron chi connectivity index (χ2n) is 7.32. The van der Waals surface area contributed by atoms with E-state index in [0.29, 0.717) is 5.92 Å². The SMILES string of the molecule is C.O=C(O)C(=O)O.O=C(O)[C@@H]1[C@@H]2CC[C@H](C2)[C@H]1C(=O)O.[CH2-]C1CCCCC1[NH-].[Pt+2].